The molecule has 5 rings (SSSR count). The largest absolute Gasteiger partial charge is 0.310 e. The van der Waals surface area contributed by atoms with E-state index in [1.165, 1.54) is 35.2 Å². The van der Waals surface area contributed by atoms with Crippen LogP contribution >= 0.6 is 23.1 Å². The summed E-state index contributed by atoms with van der Waals surface area (Å²) < 4.78 is 16.2. The van der Waals surface area contributed by atoms with Gasteiger partial charge in [-0.25, -0.2) is 9.37 Å². The van der Waals surface area contributed by atoms with E-state index in [9.17, 15) is 9.18 Å². The van der Waals surface area contributed by atoms with Gasteiger partial charge in [-0.05, 0) is 36.8 Å². The van der Waals surface area contributed by atoms with Gasteiger partial charge in [-0.2, -0.15) is 9.78 Å². The first-order valence-corrected chi connectivity index (χ1v) is 10.6. The minimum atomic E-state index is -0.279. The molecule has 0 saturated carbocycles. The van der Waals surface area contributed by atoms with E-state index in [1.54, 1.807) is 16.8 Å². The predicted molar refractivity (Wildman–Crippen MR) is 111 cm³/mol. The molecule has 0 fully saturated rings. The summed E-state index contributed by atoms with van der Waals surface area (Å²) >= 11 is 3.04. The number of nitrogens with one attached hydrogen (secondary N) is 1. The van der Waals surface area contributed by atoms with Crippen molar-refractivity contribution in [2.75, 3.05) is 11.1 Å². The van der Waals surface area contributed by atoms with Crippen molar-refractivity contribution in [1.82, 2.24) is 14.8 Å². The van der Waals surface area contributed by atoms with Crippen molar-refractivity contribution in [1.29, 1.82) is 0 Å². The van der Waals surface area contributed by atoms with Crippen molar-refractivity contribution in [3.05, 3.63) is 71.2 Å². The molecule has 140 valence electrons. The molecule has 28 heavy (non-hydrogen) atoms. The summed E-state index contributed by atoms with van der Waals surface area (Å²) in [6.45, 7) is 1.93. The van der Waals surface area contributed by atoms with Gasteiger partial charge in [0, 0.05) is 5.56 Å². The highest BCUT2D eigenvalue weighted by Gasteiger charge is 2.31. The van der Waals surface area contributed by atoms with Crippen LogP contribution in [0.3, 0.4) is 0 Å². The quantitative estimate of drug-likeness (QED) is 0.520. The van der Waals surface area contributed by atoms with Crippen molar-refractivity contribution in [3.8, 4) is 5.13 Å². The number of nitrogens with zero attached hydrogens (tertiary/aromatic N) is 3. The number of halogens is 1. The highest BCUT2D eigenvalue weighted by molar-refractivity contribution is 8.00. The smallest absolute Gasteiger partial charge is 0.235 e. The summed E-state index contributed by atoms with van der Waals surface area (Å²) in [7, 11) is 0. The first-order valence-electron chi connectivity index (χ1n) is 8.72. The van der Waals surface area contributed by atoms with Gasteiger partial charge in [0.2, 0.25) is 11.0 Å². The molecule has 0 aliphatic carbocycles. The summed E-state index contributed by atoms with van der Waals surface area (Å²) in [5, 5.41) is 8.28. The molecule has 0 radical (unpaired) electrons. The topological polar surface area (TPSA) is 59.8 Å². The first-order chi connectivity index (χ1) is 13.6. The lowest BCUT2D eigenvalue weighted by atomic mass is 10.0. The Morgan fingerprint density at radius 2 is 1.96 bits per heavy atom. The van der Waals surface area contributed by atoms with Crippen molar-refractivity contribution in [2.45, 2.75) is 12.2 Å². The molecule has 5 nitrogen and oxygen atoms in total. The van der Waals surface area contributed by atoms with E-state index < -0.39 is 0 Å². The van der Waals surface area contributed by atoms with Crippen LogP contribution in [0.5, 0.6) is 0 Å². The molecule has 2 aromatic heterocycles. The van der Waals surface area contributed by atoms with Gasteiger partial charge >= 0.3 is 0 Å². The van der Waals surface area contributed by atoms with Gasteiger partial charge in [-0.3, -0.25) is 4.79 Å². The third-order valence-electron chi connectivity index (χ3n) is 4.64. The Morgan fingerprint density at radius 3 is 2.75 bits per heavy atom. The zero-order chi connectivity index (χ0) is 19.3. The number of thiazole rings is 1. The summed E-state index contributed by atoms with van der Waals surface area (Å²) in [5.41, 5.74) is 3.59. The number of aryl methyl sites for hydroxylation is 1. The number of benzene rings is 2. The average molecular weight is 410 g/mol. The van der Waals surface area contributed by atoms with Crippen molar-refractivity contribution >= 4 is 45.0 Å². The maximum atomic E-state index is 13.4. The zero-order valence-electron chi connectivity index (χ0n) is 14.8. The maximum Gasteiger partial charge on any atom is 0.235 e. The molecule has 1 N–H and O–H groups in total. The van der Waals surface area contributed by atoms with Crippen LogP contribution in [0.25, 0.3) is 15.3 Å². The zero-order valence-corrected chi connectivity index (χ0v) is 16.5. The summed E-state index contributed by atoms with van der Waals surface area (Å²) in [6, 6.07) is 14.3. The minimum Gasteiger partial charge on any atom is -0.310 e. The molecule has 3 heterocycles. The molecule has 2 aromatic carbocycles. The van der Waals surface area contributed by atoms with E-state index in [0.717, 1.165) is 27.0 Å². The molecule has 0 saturated heterocycles. The number of carbonyl (C=O) groups is 1. The molecule has 0 bridgehead atoms. The highest BCUT2D eigenvalue weighted by Crippen LogP contribution is 2.44. The van der Waals surface area contributed by atoms with Crippen LogP contribution in [0.15, 0.2) is 48.5 Å². The average Bonchev–Trinajstić information content (AvgIpc) is 3.19. The number of anilines is 1. The van der Waals surface area contributed by atoms with Crippen molar-refractivity contribution < 1.29 is 9.18 Å². The molecule has 0 unspecified atom stereocenters. The van der Waals surface area contributed by atoms with Gasteiger partial charge in [-0.1, -0.05) is 35.6 Å². The third kappa shape index (κ3) is 2.89. The SMILES string of the molecule is Cc1nn(-c2nc3ccccc3s2)c2c1[C@H](c1ccc(F)cc1)SCC(=O)N2. The van der Waals surface area contributed by atoms with Crippen molar-refractivity contribution in [2.24, 2.45) is 0 Å². The summed E-state index contributed by atoms with van der Waals surface area (Å²) in [6.07, 6.45) is 0. The van der Waals surface area contributed by atoms with Crippen LogP contribution < -0.4 is 5.32 Å². The minimum absolute atomic E-state index is 0.0851. The molecule has 4 aromatic rings. The van der Waals surface area contributed by atoms with E-state index in [4.69, 9.17) is 0 Å². The summed E-state index contributed by atoms with van der Waals surface area (Å²) in [5.74, 6) is 0.591. The molecule has 1 aliphatic rings. The van der Waals surface area contributed by atoms with E-state index in [0.29, 0.717) is 16.7 Å². The first kappa shape index (κ1) is 17.4. The molecular weight excluding hydrogens is 395 g/mol. The third-order valence-corrected chi connectivity index (χ3v) is 6.93. The van der Waals surface area contributed by atoms with Crippen LogP contribution in [0.4, 0.5) is 10.2 Å². The molecule has 0 spiro atoms. The normalized spacial score (nSPS) is 16.6. The van der Waals surface area contributed by atoms with Gasteiger partial charge in [0.05, 0.1) is 26.9 Å². The van der Waals surface area contributed by atoms with E-state index in [1.807, 2.05) is 31.2 Å². The van der Waals surface area contributed by atoms with E-state index in [-0.39, 0.29) is 17.0 Å². The molecule has 1 atom stereocenters. The fourth-order valence-corrected chi connectivity index (χ4v) is 5.49. The second-order valence-electron chi connectivity index (χ2n) is 6.51. The van der Waals surface area contributed by atoms with Gasteiger partial charge in [0.1, 0.15) is 11.6 Å². The number of hydrogen-bond acceptors (Lipinski definition) is 5. The summed E-state index contributed by atoms with van der Waals surface area (Å²) in [4.78, 5) is 17.1. The Balaban J connectivity index is 1.69. The van der Waals surface area contributed by atoms with Gasteiger partial charge in [0.25, 0.3) is 0 Å². The van der Waals surface area contributed by atoms with Crippen LogP contribution in [0.1, 0.15) is 22.1 Å². The Bertz CT molecular complexity index is 1170. The standard InChI is InChI=1S/C20H15FN4OS2/c1-11-17-18(12-6-8-13(21)9-7-12)27-10-16(26)23-19(17)25(24-11)20-22-14-4-2-3-5-15(14)28-20/h2-9,18H,10H2,1H3,(H,23,26)/t18-/m0/s1. The molecule has 1 amide bonds. The lowest BCUT2D eigenvalue weighted by Crippen LogP contribution is -2.15. The number of thioether (sulfide) groups is 1. The fourth-order valence-electron chi connectivity index (χ4n) is 3.37. The predicted octanol–water partition coefficient (Wildman–Crippen LogP) is 4.70. The molecule has 8 heteroatoms. The van der Waals surface area contributed by atoms with Crippen LogP contribution in [-0.2, 0) is 4.79 Å². The lowest BCUT2D eigenvalue weighted by molar-refractivity contribution is -0.113. The number of hydrogen-bond donors (Lipinski definition) is 1. The highest BCUT2D eigenvalue weighted by atomic mass is 32.2. The number of fused-ring (bicyclic) bond motifs is 2. The number of rotatable bonds is 2. The lowest BCUT2D eigenvalue weighted by Gasteiger charge is -2.15. The van der Waals surface area contributed by atoms with E-state index >= 15 is 0 Å². The van der Waals surface area contributed by atoms with Gasteiger partial charge in [0.15, 0.2) is 0 Å². The number of amides is 1. The van der Waals surface area contributed by atoms with E-state index in [2.05, 4.69) is 15.4 Å². The number of para-hydroxylation sites is 1. The van der Waals surface area contributed by atoms with Gasteiger partial charge < -0.3 is 5.32 Å². The maximum absolute atomic E-state index is 13.4. The van der Waals surface area contributed by atoms with Crippen LogP contribution in [0.2, 0.25) is 0 Å². The van der Waals surface area contributed by atoms with Gasteiger partial charge in [-0.15, -0.1) is 11.8 Å². The Morgan fingerprint density at radius 1 is 1.18 bits per heavy atom. The Kier molecular flexibility index (Phi) is 4.17. The molecule has 1 aliphatic heterocycles. The number of carbonyl (C=O) groups excluding carboxylic acids is 1. The molecular formula is C20H15FN4OS2. The van der Waals surface area contributed by atoms with Crippen molar-refractivity contribution in [3.63, 3.8) is 0 Å². The Hall–Kier alpha value is -2.71. The second-order valence-corrected chi connectivity index (χ2v) is 8.62. The monoisotopic (exact) mass is 410 g/mol. The van der Waals surface area contributed by atoms with Crippen LogP contribution in [-0.4, -0.2) is 26.4 Å². The second kappa shape index (κ2) is 6.72. The Labute approximate surface area is 168 Å². The van der Waals surface area contributed by atoms with Crippen LogP contribution in [0, 0.1) is 12.7 Å². The fraction of sp³-hybridized carbons (Fsp3) is 0.150. The number of aromatic nitrogens is 3.